The van der Waals surface area contributed by atoms with Crippen LogP contribution in [-0.4, -0.2) is 34.2 Å². The summed E-state index contributed by atoms with van der Waals surface area (Å²) in [5, 5.41) is 2.97. The van der Waals surface area contributed by atoms with Crippen molar-refractivity contribution < 1.29 is 4.79 Å². The minimum Gasteiger partial charge on any atom is -0.342 e. The van der Waals surface area contributed by atoms with Crippen molar-refractivity contribution in [2.45, 2.75) is 12.8 Å². The van der Waals surface area contributed by atoms with Crippen molar-refractivity contribution >= 4 is 33.2 Å². The van der Waals surface area contributed by atoms with Gasteiger partial charge >= 0.3 is 0 Å². The van der Waals surface area contributed by atoms with Crippen LogP contribution in [0.1, 0.15) is 12.1 Å². The molecule has 0 spiro atoms. The van der Waals surface area contributed by atoms with Crippen molar-refractivity contribution in [1.29, 1.82) is 0 Å². The molecule has 1 unspecified atom stereocenters. The van der Waals surface area contributed by atoms with Gasteiger partial charge in [0.1, 0.15) is 0 Å². The number of thiazole rings is 1. The second-order valence-corrected chi connectivity index (χ2v) is 5.16. The Morgan fingerprint density at radius 3 is 3.13 bits per heavy atom. The van der Waals surface area contributed by atoms with Crippen LogP contribution >= 0.6 is 27.3 Å². The molecule has 0 saturated carbocycles. The number of hydrogen-bond donors (Lipinski definition) is 0. The van der Waals surface area contributed by atoms with E-state index < -0.39 is 0 Å². The van der Waals surface area contributed by atoms with Gasteiger partial charge in [0.25, 0.3) is 0 Å². The van der Waals surface area contributed by atoms with Crippen LogP contribution in [0.2, 0.25) is 0 Å². The maximum Gasteiger partial charge on any atom is 0.222 e. The molecule has 2 rings (SSSR count). The Hall–Kier alpha value is -0.420. The highest BCUT2D eigenvalue weighted by atomic mass is 79.9. The first-order valence-electron chi connectivity index (χ1n) is 5.00. The molecule has 1 atom stereocenters. The topological polar surface area (TPSA) is 33.2 Å². The van der Waals surface area contributed by atoms with Crippen molar-refractivity contribution in [3.8, 4) is 0 Å². The summed E-state index contributed by atoms with van der Waals surface area (Å²) in [5.74, 6) is 0.780. The van der Waals surface area contributed by atoms with Crippen LogP contribution in [-0.2, 0) is 11.2 Å². The van der Waals surface area contributed by atoms with Gasteiger partial charge in [0, 0.05) is 36.6 Å². The largest absolute Gasteiger partial charge is 0.342 e. The van der Waals surface area contributed by atoms with Crippen LogP contribution in [0.25, 0.3) is 0 Å². The third-order valence-electron chi connectivity index (χ3n) is 2.63. The Bertz CT molecular complexity index is 328. The van der Waals surface area contributed by atoms with Gasteiger partial charge in [-0.25, -0.2) is 4.98 Å². The van der Waals surface area contributed by atoms with Crippen molar-refractivity contribution in [3.63, 3.8) is 0 Å². The van der Waals surface area contributed by atoms with Crippen LogP contribution < -0.4 is 0 Å². The molecular formula is C10H13BrN2OS. The molecular weight excluding hydrogens is 276 g/mol. The van der Waals surface area contributed by atoms with Gasteiger partial charge in [-0.2, -0.15) is 0 Å². The number of rotatable bonds is 4. The highest BCUT2D eigenvalue weighted by Crippen LogP contribution is 2.19. The Morgan fingerprint density at radius 1 is 1.67 bits per heavy atom. The molecule has 82 valence electrons. The highest BCUT2D eigenvalue weighted by Gasteiger charge is 2.28. The van der Waals surface area contributed by atoms with Crippen LogP contribution in [0.3, 0.4) is 0 Å². The molecule has 15 heavy (non-hydrogen) atoms. The van der Waals surface area contributed by atoms with Crippen LogP contribution in [0.5, 0.6) is 0 Å². The summed E-state index contributed by atoms with van der Waals surface area (Å²) < 4.78 is 0. The van der Waals surface area contributed by atoms with Gasteiger partial charge in [0.2, 0.25) is 5.91 Å². The summed E-state index contributed by atoms with van der Waals surface area (Å²) in [4.78, 5) is 17.8. The monoisotopic (exact) mass is 288 g/mol. The molecule has 3 nitrogen and oxygen atoms in total. The number of aromatic nitrogens is 1. The fourth-order valence-electron chi connectivity index (χ4n) is 1.78. The van der Waals surface area contributed by atoms with E-state index in [0.717, 1.165) is 30.5 Å². The molecule has 1 amide bonds. The minimum absolute atomic E-state index is 0.287. The molecule has 1 aromatic heterocycles. The first-order chi connectivity index (χ1) is 7.29. The Balaban J connectivity index is 1.83. The van der Waals surface area contributed by atoms with Gasteiger partial charge in [0.05, 0.1) is 11.2 Å². The number of alkyl halides is 1. The molecule has 1 aliphatic heterocycles. The molecule has 1 aliphatic rings. The number of likely N-dealkylation sites (tertiary alicyclic amines) is 1. The summed E-state index contributed by atoms with van der Waals surface area (Å²) in [5.41, 5.74) is 2.93. The van der Waals surface area contributed by atoms with Crippen LogP contribution in [0.4, 0.5) is 0 Å². The van der Waals surface area contributed by atoms with Crippen LogP contribution in [0, 0.1) is 5.92 Å². The molecule has 1 aromatic rings. The van der Waals surface area contributed by atoms with E-state index in [2.05, 4.69) is 20.9 Å². The maximum absolute atomic E-state index is 11.6. The number of amides is 1. The first kappa shape index (κ1) is 11.1. The number of halogens is 1. The molecule has 0 bridgehead atoms. The van der Waals surface area contributed by atoms with E-state index >= 15 is 0 Å². The maximum atomic E-state index is 11.6. The lowest BCUT2D eigenvalue weighted by atomic mass is 10.2. The zero-order valence-corrected chi connectivity index (χ0v) is 10.8. The molecule has 5 heteroatoms. The van der Waals surface area contributed by atoms with Crippen molar-refractivity contribution in [2.75, 3.05) is 18.4 Å². The summed E-state index contributed by atoms with van der Waals surface area (Å²) in [6, 6.07) is 0. The molecule has 1 fully saturated rings. The normalized spacial score (nSPS) is 21.3. The number of carbonyl (C=O) groups excluding carboxylic acids is 1. The second-order valence-electron chi connectivity index (χ2n) is 3.79. The van der Waals surface area contributed by atoms with E-state index in [9.17, 15) is 4.79 Å². The van der Waals surface area contributed by atoms with Crippen molar-refractivity contribution in [3.05, 3.63) is 16.6 Å². The van der Waals surface area contributed by atoms with Gasteiger partial charge in [0.15, 0.2) is 0 Å². The minimum atomic E-state index is 0.287. The van der Waals surface area contributed by atoms with Crippen LogP contribution in [0.15, 0.2) is 10.9 Å². The van der Waals surface area contributed by atoms with Gasteiger partial charge in [-0.1, -0.05) is 15.9 Å². The van der Waals surface area contributed by atoms with E-state index in [0.29, 0.717) is 12.3 Å². The molecule has 1 saturated heterocycles. The van der Waals surface area contributed by atoms with Gasteiger partial charge in [-0.05, 0) is 5.92 Å². The first-order valence-corrected chi connectivity index (χ1v) is 7.07. The molecule has 0 aromatic carbocycles. The average molecular weight is 289 g/mol. The summed E-state index contributed by atoms with van der Waals surface area (Å²) in [6.07, 6.45) is 1.58. The predicted molar refractivity (Wildman–Crippen MR) is 64.3 cm³/mol. The van der Waals surface area contributed by atoms with E-state index in [-0.39, 0.29) is 5.91 Å². The zero-order valence-electron chi connectivity index (χ0n) is 8.36. The van der Waals surface area contributed by atoms with E-state index in [1.54, 1.807) is 11.3 Å². The zero-order chi connectivity index (χ0) is 10.7. The van der Waals surface area contributed by atoms with E-state index in [1.807, 2.05) is 15.8 Å². The lowest BCUT2D eigenvalue weighted by Gasteiger charge is -2.15. The molecule has 2 heterocycles. The summed E-state index contributed by atoms with van der Waals surface area (Å²) in [7, 11) is 0. The number of carbonyl (C=O) groups is 1. The summed E-state index contributed by atoms with van der Waals surface area (Å²) in [6.45, 7) is 1.71. The summed E-state index contributed by atoms with van der Waals surface area (Å²) >= 11 is 5.04. The molecule has 0 N–H and O–H groups in total. The van der Waals surface area contributed by atoms with E-state index in [4.69, 9.17) is 0 Å². The molecule has 0 radical (unpaired) electrons. The standard InChI is InChI=1S/C10H13BrN2OS/c11-4-8-3-10(14)13(5-8)2-1-9-6-15-7-12-9/h6-8H,1-5H2. The third-order valence-corrected chi connectivity index (χ3v) is 4.19. The van der Waals surface area contributed by atoms with Gasteiger partial charge < -0.3 is 4.90 Å². The van der Waals surface area contributed by atoms with Gasteiger partial charge in [-0.15, -0.1) is 11.3 Å². The Morgan fingerprint density at radius 2 is 2.53 bits per heavy atom. The smallest absolute Gasteiger partial charge is 0.222 e. The van der Waals surface area contributed by atoms with E-state index in [1.165, 1.54) is 0 Å². The highest BCUT2D eigenvalue weighted by molar-refractivity contribution is 9.09. The predicted octanol–water partition coefficient (Wildman–Crippen LogP) is 1.93. The molecule has 0 aliphatic carbocycles. The average Bonchev–Trinajstić information content (AvgIpc) is 2.84. The van der Waals surface area contributed by atoms with Gasteiger partial charge in [-0.3, -0.25) is 4.79 Å². The second kappa shape index (κ2) is 5.07. The van der Waals surface area contributed by atoms with Crippen molar-refractivity contribution in [1.82, 2.24) is 9.88 Å². The SMILES string of the molecule is O=C1CC(CBr)CN1CCc1cscn1. The third kappa shape index (κ3) is 2.78. The quantitative estimate of drug-likeness (QED) is 0.794. The fraction of sp³-hybridized carbons (Fsp3) is 0.600. The lowest BCUT2D eigenvalue weighted by Crippen LogP contribution is -2.27. The number of nitrogens with zero attached hydrogens (tertiary/aromatic N) is 2. The van der Waals surface area contributed by atoms with Crippen molar-refractivity contribution in [2.24, 2.45) is 5.92 Å². The fourth-order valence-corrected chi connectivity index (χ4v) is 2.81. The lowest BCUT2D eigenvalue weighted by molar-refractivity contribution is -0.127. The Labute approximate surface area is 102 Å². The Kier molecular flexibility index (Phi) is 3.75. The number of hydrogen-bond acceptors (Lipinski definition) is 3.